The van der Waals surface area contributed by atoms with Crippen molar-refractivity contribution in [2.75, 3.05) is 5.88 Å². The summed E-state index contributed by atoms with van der Waals surface area (Å²) in [7, 11) is 0. The van der Waals surface area contributed by atoms with Gasteiger partial charge in [0.25, 0.3) is 0 Å². The van der Waals surface area contributed by atoms with Gasteiger partial charge >= 0.3 is 0 Å². The van der Waals surface area contributed by atoms with Gasteiger partial charge in [-0.3, -0.25) is 4.79 Å². The molecule has 1 aliphatic carbocycles. The lowest BCUT2D eigenvalue weighted by molar-refractivity contribution is -0.114. The minimum Gasteiger partial charge on any atom is -0.393 e. The minimum absolute atomic E-state index is 0.00539. The molecule has 11 heavy (non-hydrogen) atoms. The number of hydrogen-bond donors (Lipinski definition) is 1. The second kappa shape index (κ2) is 3.37. The maximum absolute atomic E-state index is 10.9. The SMILES string of the molecule is C=C(C(=O)CCl)C1CC(O)C1. The zero-order valence-electron chi connectivity index (χ0n) is 6.22. The number of hydrogen-bond acceptors (Lipinski definition) is 2. The Morgan fingerprint density at radius 1 is 1.64 bits per heavy atom. The Hall–Kier alpha value is -0.340. The summed E-state index contributed by atoms with van der Waals surface area (Å²) in [5.74, 6) is 0.0885. The van der Waals surface area contributed by atoms with Crippen LogP contribution in [0.4, 0.5) is 0 Å². The fraction of sp³-hybridized carbons (Fsp3) is 0.625. The highest BCUT2D eigenvalue weighted by Crippen LogP contribution is 2.33. The number of rotatable bonds is 3. The molecule has 3 heteroatoms. The molecule has 0 amide bonds. The first kappa shape index (κ1) is 8.75. The topological polar surface area (TPSA) is 37.3 Å². The van der Waals surface area contributed by atoms with Crippen molar-refractivity contribution in [3.63, 3.8) is 0 Å². The molecule has 1 N–H and O–H groups in total. The molecule has 0 atom stereocenters. The van der Waals surface area contributed by atoms with Gasteiger partial charge in [-0.1, -0.05) is 6.58 Å². The summed E-state index contributed by atoms with van der Waals surface area (Å²) in [6.07, 6.45) is 1.10. The number of ketones is 1. The molecule has 62 valence electrons. The van der Waals surface area contributed by atoms with E-state index in [1.807, 2.05) is 0 Å². The van der Waals surface area contributed by atoms with Crippen LogP contribution in [0.5, 0.6) is 0 Å². The van der Waals surface area contributed by atoms with Crippen molar-refractivity contribution in [1.29, 1.82) is 0 Å². The molecule has 0 heterocycles. The Labute approximate surface area is 70.9 Å². The molecule has 0 spiro atoms. The number of halogens is 1. The molecule has 1 saturated carbocycles. The Morgan fingerprint density at radius 3 is 2.55 bits per heavy atom. The van der Waals surface area contributed by atoms with Crippen LogP contribution in [0.2, 0.25) is 0 Å². The van der Waals surface area contributed by atoms with Crippen molar-refractivity contribution in [2.24, 2.45) is 5.92 Å². The normalized spacial score (nSPS) is 29.3. The first-order valence-corrected chi connectivity index (χ1v) is 4.14. The fourth-order valence-electron chi connectivity index (χ4n) is 1.19. The van der Waals surface area contributed by atoms with Crippen LogP contribution in [-0.2, 0) is 4.79 Å². The van der Waals surface area contributed by atoms with Gasteiger partial charge in [-0.25, -0.2) is 0 Å². The minimum atomic E-state index is -0.236. The van der Waals surface area contributed by atoms with E-state index in [1.54, 1.807) is 0 Å². The van der Waals surface area contributed by atoms with E-state index in [2.05, 4.69) is 6.58 Å². The highest BCUT2D eigenvalue weighted by molar-refractivity contribution is 6.30. The van der Waals surface area contributed by atoms with Crippen LogP contribution in [0.25, 0.3) is 0 Å². The lowest BCUT2D eigenvalue weighted by Crippen LogP contribution is -2.31. The summed E-state index contributed by atoms with van der Waals surface area (Å²) in [5.41, 5.74) is 0.574. The average Bonchev–Trinajstić information content (AvgIpc) is 1.96. The zero-order chi connectivity index (χ0) is 8.43. The van der Waals surface area contributed by atoms with Gasteiger partial charge in [0.15, 0.2) is 5.78 Å². The highest BCUT2D eigenvalue weighted by atomic mass is 35.5. The molecule has 1 aliphatic rings. The van der Waals surface area contributed by atoms with E-state index >= 15 is 0 Å². The third kappa shape index (κ3) is 1.82. The van der Waals surface area contributed by atoms with Gasteiger partial charge in [-0.05, 0) is 24.3 Å². The maximum Gasteiger partial charge on any atom is 0.173 e. The summed E-state index contributed by atoms with van der Waals surface area (Å²) < 4.78 is 0. The molecular weight excluding hydrogens is 164 g/mol. The third-order valence-electron chi connectivity index (χ3n) is 2.09. The first-order chi connectivity index (χ1) is 5.15. The predicted molar refractivity (Wildman–Crippen MR) is 43.6 cm³/mol. The largest absolute Gasteiger partial charge is 0.393 e. The number of allylic oxidation sites excluding steroid dienone is 1. The molecule has 0 saturated heterocycles. The summed E-state index contributed by atoms with van der Waals surface area (Å²) in [4.78, 5) is 10.9. The van der Waals surface area contributed by atoms with E-state index in [0.29, 0.717) is 18.4 Å². The van der Waals surface area contributed by atoms with Crippen molar-refractivity contribution >= 4 is 17.4 Å². The van der Waals surface area contributed by atoms with Crippen LogP contribution in [0.15, 0.2) is 12.2 Å². The van der Waals surface area contributed by atoms with Crippen molar-refractivity contribution in [1.82, 2.24) is 0 Å². The Kier molecular flexibility index (Phi) is 2.68. The first-order valence-electron chi connectivity index (χ1n) is 3.61. The average molecular weight is 175 g/mol. The lowest BCUT2D eigenvalue weighted by Gasteiger charge is -2.32. The number of aliphatic hydroxyl groups excluding tert-OH is 1. The number of alkyl halides is 1. The lowest BCUT2D eigenvalue weighted by atomic mass is 9.77. The summed E-state index contributed by atoms with van der Waals surface area (Å²) in [6.45, 7) is 3.64. The van der Waals surface area contributed by atoms with E-state index in [4.69, 9.17) is 16.7 Å². The monoisotopic (exact) mass is 174 g/mol. The van der Waals surface area contributed by atoms with E-state index in [9.17, 15) is 4.79 Å². The maximum atomic E-state index is 10.9. The summed E-state index contributed by atoms with van der Waals surface area (Å²) >= 11 is 5.34. The standard InChI is InChI=1S/C8H11ClO2/c1-5(8(11)4-9)6-2-7(10)3-6/h6-7,10H,1-4H2. The van der Waals surface area contributed by atoms with Crippen LogP contribution in [-0.4, -0.2) is 22.9 Å². The van der Waals surface area contributed by atoms with Gasteiger partial charge < -0.3 is 5.11 Å². The number of carbonyl (C=O) groups excluding carboxylic acids is 1. The number of carbonyl (C=O) groups is 1. The molecule has 0 unspecified atom stereocenters. The van der Waals surface area contributed by atoms with Crippen molar-refractivity contribution < 1.29 is 9.90 Å². The quantitative estimate of drug-likeness (QED) is 0.515. The van der Waals surface area contributed by atoms with Gasteiger partial charge in [-0.15, -0.1) is 11.6 Å². The molecule has 0 aromatic heterocycles. The van der Waals surface area contributed by atoms with Gasteiger partial charge in [0.05, 0.1) is 12.0 Å². The van der Waals surface area contributed by atoms with Crippen LogP contribution < -0.4 is 0 Å². The predicted octanol–water partition coefficient (Wildman–Crippen LogP) is 1.12. The Bertz CT molecular complexity index is 183. The van der Waals surface area contributed by atoms with E-state index in [1.165, 1.54) is 0 Å². The zero-order valence-corrected chi connectivity index (χ0v) is 6.97. The fourth-order valence-corrected chi connectivity index (χ4v) is 1.36. The second-order valence-electron chi connectivity index (χ2n) is 2.90. The van der Waals surface area contributed by atoms with Crippen molar-refractivity contribution in [3.05, 3.63) is 12.2 Å². The van der Waals surface area contributed by atoms with Crippen molar-refractivity contribution in [3.8, 4) is 0 Å². The van der Waals surface area contributed by atoms with Gasteiger partial charge in [0.2, 0.25) is 0 Å². The van der Waals surface area contributed by atoms with Gasteiger partial charge in [0, 0.05) is 0 Å². The van der Waals surface area contributed by atoms with Gasteiger partial charge in [0.1, 0.15) is 0 Å². The summed E-state index contributed by atoms with van der Waals surface area (Å²) in [6, 6.07) is 0. The molecule has 2 nitrogen and oxygen atoms in total. The molecule has 0 bridgehead atoms. The summed E-state index contributed by atoms with van der Waals surface area (Å²) in [5, 5.41) is 8.94. The van der Waals surface area contributed by atoms with E-state index < -0.39 is 0 Å². The van der Waals surface area contributed by atoms with E-state index in [0.717, 1.165) is 0 Å². The van der Waals surface area contributed by atoms with E-state index in [-0.39, 0.29) is 23.7 Å². The smallest absolute Gasteiger partial charge is 0.173 e. The highest BCUT2D eigenvalue weighted by Gasteiger charge is 2.31. The van der Waals surface area contributed by atoms with Crippen LogP contribution in [0, 0.1) is 5.92 Å². The Morgan fingerprint density at radius 2 is 2.18 bits per heavy atom. The molecule has 0 aliphatic heterocycles. The molecule has 0 aromatic carbocycles. The third-order valence-corrected chi connectivity index (χ3v) is 2.33. The van der Waals surface area contributed by atoms with Crippen LogP contribution in [0.1, 0.15) is 12.8 Å². The molecular formula is C8H11ClO2. The van der Waals surface area contributed by atoms with Gasteiger partial charge in [-0.2, -0.15) is 0 Å². The van der Waals surface area contributed by atoms with Crippen LogP contribution in [0.3, 0.4) is 0 Å². The molecule has 0 aromatic rings. The molecule has 1 fully saturated rings. The van der Waals surface area contributed by atoms with Crippen molar-refractivity contribution in [2.45, 2.75) is 18.9 Å². The second-order valence-corrected chi connectivity index (χ2v) is 3.17. The Balaban J connectivity index is 2.38. The van der Waals surface area contributed by atoms with Crippen LogP contribution >= 0.6 is 11.6 Å². The number of Topliss-reactive ketones (excluding diaryl/α,β-unsaturated/α-hetero) is 1. The number of aliphatic hydroxyl groups is 1. The molecule has 1 rings (SSSR count). The molecule has 0 radical (unpaired) electrons.